The standard InChI is InChI=1S/C16H14N2O3/c17-16(21)12-4-6-13(7-5-12)18-15(20)10-3-11-1-8-14(19)9-2-11/h1-10,19H,(H2,17,21)(H,18,20)/b10-3+. The summed E-state index contributed by atoms with van der Waals surface area (Å²) in [6.45, 7) is 0. The molecule has 0 aliphatic heterocycles. The van der Waals surface area contributed by atoms with E-state index in [9.17, 15) is 9.59 Å². The first-order chi connectivity index (χ1) is 10.0. The number of benzene rings is 2. The highest BCUT2D eigenvalue weighted by Crippen LogP contribution is 2.12. The number of carbonyl (C=O) groups is 2. The lowest BCUT2D eigenvalue weighted by Crippen LogP contribution is -2.11. The summed E-state index contributed by atoms with van der Waals surface area (Å²) in [6.07, 6.45) is 3.01. The number of amides is 2. The minimum Gasteiger partial charge on any atom is -0.508 e. The van der Waals surface area contributed by atoms with Crippen LogP contribution < -0.4 is 11.1 Å². The summed E-state index contributed by atoms with van der Waals surface area (Å²) in [5, 5.41) is 11.8. The van der Waals surface area contributed by atoms with Gasteiger partial charge in [-0.05, 0) is 48.0 Å². The summed E-state index contributed by atoms with van der Waals surface area (Å²) in [6, 6.07) is 12.8. The summed E-state index contributed by atoms with van der Waals surface area (Å²) in [5.41, 5.74) is 6.88. The predicted octanol–water partition coefficient (Wildman–Crippen LogP) is 2.14. The van der Waals surface area contributed by atoms with Gasteiger partial charge in [-0.3, -0.25) is 9.59 Å². The monoisotopic (exact) mass is 282 g/mol. The average Bonchev–Trinajstić information content (AvgIpc) is 2.47. The molecule has 0 fully saturated rings. The largest absolute Gasteiger partial charge is 0.508 e. The molecule has 0 aliphatic carbocycles. The van der Waals surface area contributed by atoms with Crippen molar-refractivity contribution in [2.75, 3.05) is 5.32 Å². The van der Waals surface area contributed by atoms with E-state index < -0.39 is 5.91 Å². The highest BCUT2D eigenvalue weighted by atomic mass is 16.3. The van der Waals surface area contributed by atoms with E-state index >= 15 is 0 Å². The Morgan fingerprint density at radius 2 is 1.62 bits per heavy atom. The Balaban J connectivity index is 1.98. The predicted molar refractivity (Wildman–Crippen MR) is 80.7 cm³/mol. The summed E-state index contributed by atoms with van der Waals surface area (Å²) >= 11 is 0. The molecule has 2 aromatic carbocycles. The molecular weight excluding hydrogens is 268 g/mol. The number of carbonyl (C=O) groups excluding carboxylic acids is 2. The molecule has 2 rings (SSSR count). The molecule has 0 unspecified atom stereocenters. The third-order valence-electron chi connectivity index (χ3n) is 2.76. The van der Waals surface area contributed by atoms with Crippen molar-refractivity contribution in [2.24, 2.45) is 5.73 Å². The summed E-state index contributed by atoms with van der Waals surface area (Å²) in [4.78, 5) is 22.7. The minimum atomic E-state index is -0.514. The van der Waals surface area contributed by atoms with Crippen LogP contribution in [0.5, 0.6) is 5.75 Å². The number of nitrogens with two attached hydrogens (primary N) is 1. The third kappa shape index (κ3) is 4.21. The molecule has 0 atom stereocenters. The van der Waals surface area contributed by atoms with Crippen molar-refractivity contribution >= 4 is 23.6 Å². The Morgan fingerprint density at radius 1 is 1.00 bits per heavy atom. The first kappa shape index (κ1) is 14.3. The number of rotatable bonds is 4. The zero-order valence-corrected chi connectivity index (χ0v) is 11.1. The van der Waals surface area contributed by atoms with Gasteiger partial charge in [-0.15, -0.1) is 0 Å². The van der Waals surface area contributed by atoms with Crippen molar-refractivity contribution in [1.82, 2.24) is 0 Å². The lowest BCUT2D eigenvalue weighted by molar-refractivity contribution is -0.111. The number of hydrogen-bond acceptors (Lipinski definition) is 3. The summed E-state index contributed by atoms with van der Waals surface area (Å²) in [7, 11) is 0. The molecule has 0 saturated carbocycles. The van der Waals surface area contributed by atoms with Gasteiger partial charge in [0, 0.05) is 17.3 Å². The van der Waals surface area contributed by atoms with Crippen LogP contribution in [-0.4, -0.2) is 16.9 Å². The molecule has 4 N–H and O–H groups in total. The van der Waals surface area contributed by atoms with E-state index in [0.717, 1.165) is 5.56 Å². The van der Waals surface area contributed by atoms with Crippen LogP contribution in [0.2, 0.25) is 0 Å². The van der Waals surface area contributed by atoms with Gasteiger partial charge in [-0.2, -0.15) is 0 Å². The minimum absolute atomic E-state index is 0.172. The van der Waals surface area contributed by atoms with Crippen LogP contribution in [0.3, 0.4) is 0 Å². The van der Waals surface area contributed by atoms with Gasteiger partial charge in [0.05, 0.1) is 0 Å². The van der Waals surface area contributed by atoms with Crippen molar-refractivity contribution in [3.8, 4) is 5.75 Å². The lowest BCUT2D eigenvalue weighted by Gasteiger charge is -2.02. The van der Waals surface area contributed by atoms with Crippen molar-refractivity contribution in [2.45, 2.75) is 0 Å². The number of hydrogen-bond donors (Lipinski definition) is 3. The van der Waals surface area contributed by atoms with Gasteiger partial charge >= 0.3 is 0 Å². The number of primary amides is 1. The highest BCUT2D eigenvalue weighted by molar-refractivity contribution is 6.02. The Morgan fingerprint density at radius 3 is 2.19 bits per heavy atom. The lowest BCUT2D eigenvalue weighted by atomic mass is 10.2. The Bertz CT molecular complexity index is 674. The van der Waals surface area contributed by atoms with Gasteiger partial charge < -0.3 is 16.2 Å². The van der Waals surface area contributed by atoms with E-state index in [2.05, 4.69) is 5.32 Å². The van der Waals surface area contributed by atoms with Crippen LogP contribution in [0, 0.1) is 0 Å². The molecule has 5 nitrogen and oxygen atoms in total. The third-order valence-corrected chi connectivity index (χ3v) is 2.76. The molecule has 0 radical (unpaired) electrons. The smallest absolute Gasteiger partial charge is 0.248 e. The first-order valence-corrected chi connectivity index (χ1v) is 6.22. The molecule has 0 saturated heterocycles. The number of anilines is 1. The van der Waals surface area contributed by atoms with Gasteiger partial charge in [0.2, 0.25) is 11.8 Å². The zero-order chi connectivity index (χ0) is 15.2. The van der Waals surface area contributed by atoms with Crippen LogP contribution in [0.1, 0.15) is 15.9 Å². The zero-order valence-electron chi connectivity index (χ0n) is 11.1. The SMILES string of the molecule is NC(=O)c1ccc(NC(=O)/C=C/c2ccc(O)cc2)cc1. The van der Waals surface area contributed by atoms with Crippen LogP contribution in [0.25, 0.3) is 6.08 Å². The van der Waals surface area contributed by atoms with E-state index in [1.165, 1.54) is 6.08 Å². The molecule has 21 heavy (non-hydrogen) atoms. The maximum atomic E-state index is 11.7. The van der Waals surface area contributed by atoms with E-state index in [-0.39, 0.29) is 11.7 Å². The second kappa shape index (κ2) is 6.38. The molecule has 0 heterocycles. The molecular formula is C16H14N2O3. The van der Waals surface area contributed by atoms with Crippen LogP contribution >= 0.6 is 0 Å². The molecule has 106 valence electrons. The van der Waals surface area contributed by atoms with Crippen LogP contribution in [0.4, 0.5) is 5.69 Å². The van der Waals surface area contributed by atoms with E-state index in [4.69, 9.17) is 10.8 Å². The molecule has 0 bridgehead atoms. The topological polar surface area (TPSA) is 92.4 Å². The summed E-state index contributed by atoms with van der Waals surface area (Å²) < 4.78 is 0. The van der Waals surface area contributed by atoms with E-state index in [1.807, 2.05) is 0 Å². The van der Waals surface area contributed by atoms with Gasteiger partial charge in [0.1, 0.15) is 5.75 Å². The molecule has 5 heteroatoms. The Kier molecular flexibility index (Phi) is 4.36. The van der Waals surface area contributed by atoms with E-state index in [1.54, 1.807) is 54.6 Å². The van der Waals surface area contributed by atoms with Crippen LogP contribution in [0.15, 0.2) is 54.6 Å². The van der Waals surface area contributed by atoms with Crippen molar-refractivity contribution in [3.05, 3.63) is 65.7 Å². The fraction of sp³-hybridized carbons (Fsp3) is 0. The first-order valence-electron chi connectivity index (χ1n) is 6.22. The molecule has 0 spiro atoms. The van der Waals surface area contributed by atoms with Gasteiger partial charge in [0.15, 0.2) is 0 Å². The average molecular weight is 282 g/mol. The number of phenols is 1. The fourth-order valence-electron chi connectivity index (χ4n) is 1.66. The summed E-state index contributed by atoms with van der Waals surface area (Å²) in [5.74, 6) is -0.638. The molecule has 2 amide bonds. The van der Waals surface area contributed by atoms with E-state index in [0.29, 0.717) is 11.3 Å². The van der Waals surface area contributed by atoms with Gasteiger partial charge in [-0.25, -0.2) is 0 Å². The maximum Gasteiger partial charge on any atom is 0.248 e. The normalized spacial score (nSPS) is 10.5. The highest BCUT2D eigenvalue weighted by Gasteiger charge is 2.01. The van der Waals surface area contributed by atoms with Gasteiger partial charge in [0.25, 0.3) is 0 Å². The van der Waals surface area contributed by atoms with Crippen molar-refractivity contribution < 1.29 is 14.7 Å². The second-order valence-electron chi connectivity index (χ2n) is 4.36. The molecule has 0 aliphatic rings. The Hall–Kier alpha value is -3.08. The van der Waals surface area contributed by atoms with Gasteiger partial charge in [-0.1, -0.05) is 12.1 Å². The molecule has 2 aromatic rings. The number of nitrogens with one attached hydrogen (secondary N) is 1. The fourth-order valence-corrected chi connectivity index (χ4v) is 1.66. The Labute approximate surface area is 121 Å². The number of phenolic OH excluding ortho intramolecular Hbond substituents is 1. The number of aromatic hydroxyl groups is 1. The van der Waals surface area contributed by atoms with Crippen molar-refractivity contribution in [3.63, 3.8) is 0 Å². The maximum absolute atomic E-state index is 11.7. The quantitative estimate of drug-likeness (QED) is 0.750. The van der Waals surface area contributed by atoms with Crippen molar-refractivity contribution in [1.29, 1.82) is 0 Å². The second-order valence-corrected chi connectivity index (χ2v) is 4.36. The van der Waals surface area contributed by atoms with Crippen LogP contribution in [-0.2, 0) is 4.79 Å². The molecule has 0 aromatic heterocycles.